The Morgan fingerprint density at radius 1 is 1.00 bits per heavy atom. The zero-order valence-corrected chi connectivity index (χ0v) is 15.8. The molecule has 0 atom stereocenters. The third-order valence-electron chi connectivity index (χ3n) is 3.72. The number of aromatic nitrogens is 2. The molecule has 0 spiro atoms. The van der Waals surface area contributed by atoms with Crippen LogP contribution in [0.5, 0.6) is 0 Å². The van der Waals surface area contributed by atoms with Crippen molar-refractivity contribution < 1.29 is 14.0 Å². The van der Waals surface area contributed by atoms with Crippen molar-refractivity contribution in [1.82, 2.24) is 10.2 Å². The first kappa shape index (κ1) is 19.5. The van der Waals surface area contributed by atoms with Crippen LogP contribution in [0.15, 0.2) is 65.7 Å². The average molecular weight is 396 g/mol. The van der Waals surface area contributed by atoms with Crippen LogP contribution in [-0.2, 0) is 4.79 Å². The fraction of sp³-hybridized carbons (Fsp3) is 0.100. The highest BCUT2D eigenvalue weighted by molar-refractivity contribution is 7.99. The Balaban J connectivity index is 1.50. The summed E-state index contributed by atoms with van der Waals surface area (Å²) in [5, 5.41) is 13.7. The summed E-state index contributed by atoms with van der Waals surface area (Å²) in [4.78, 5) is 24.1. The second kappa shape index (κ2) is 9.09. The zero-order valence-electron chi connectivity index (χ0n) is 15.0. The normalized spacial score (nSPS) is 10.4. The lowest BCUT2D eigenvalue weighted by Crippen LogP contribution is -2.15. The monoisotopic (exact) mass is 396 g/mol. The molecule has 142 valence electrons. The van der Waals surface area contributed by atoms with Crippen LogP contribution in [0, 0.1) is 12.7 Å². The molecular formula is C20H17FN4O2S. The molecule has 0 fully saturated rings. The maximum atomic E-state index is 13.5. The van der Waals surface area contributed by atoms with Gasteiger partial charge in [-0.1, -0.05) is 36.0 Å². The third kappa shape index (κ3) is 5.37. The summed E-state index contributed by atoms with van der Waals surface area (Å²) >= 11 is 1.19. The topological polar surface area (TPSA) is 84.0 Å². The number of benzene rings is 2. The largest absolute Gasteiger partial charge is 0.325 e. The first-order valence-corrected chi connectivity index (χ1v) is 9.39. The van der Waals surface area contributed by atoms with Crippen molar-refractivity contribution in [2.75, 3.05) is 16.4 Å². The predicted molar refractivity (Wildman–Crippen MR) is 107 cm³/mol. The number of thioether (sulfide) groups is 1. The van der Waals surface area contributed by atoms with Gasteiger partial charge in [0.05, 0.1) is 5.75 Å². The number of carbonyl (C=O) groups excluding carboxylic acids is 2. The Labute approximate surface area is 165 Å². The number of anilines is 2. The van der Waals surface area contributed by atoms with Gasteiger partial charge in [-0.3, -0.25) is 9.59 Å². The maximum absolute atomic E-state index is 13.5. The summed E-state index contributed by atoms with van der Waals surface area (Å²) in [5.41, 5.74) is 1.44. The Bertz CT molecular complexity index is 981. The predicted octanol–water partition coefficient (Wildman–Crippen LogP) is 3.91. The maximum Gasteiger partial charge on any atom is 0.256 e. The van der Waals surface area contributed by atoms with E-state index in [2.05, 4.69) is 20.8 Å². The van der Waals surface area contributed by atoms with Crippen molar-refractivity contribution in [1.29, 1.82) is 0 Å². The molecule has 0 radical (unpaired) electrons. The van der Waals surface area contributed by atoms with Crippen LogP contribution in [0.1, 0.15) is 15.9 Å². The van der Waals surface area contributed by atoms with Crippen molar-refractivity contribution in [2.45, 2.75) is 11.9 Å². The minimum Gasteiger partial charge on any atom is -0.325 e. The second-order valence-corrected chi connectivity index (χ2v) is 6.87. The number of carbonyl (C=O) groups is 2. The minimum atomic E-state index is -0.371. The minimum absolute atomic E-state index is 0.0971. The fourth-order valence-electron chi connectivity index (χ4n) is 2.25. The number of hydrogen-bond acceptors (Lipinski definition) is 5. The van der Waals surface area contributed by atoms with E-state index in [-0.39, 0.29) is 23.4 Å². The second-order valence-electron chi connectivity index (χ2n) is 5.88. The van der Waals surface area contributed by atoms with Gasteiger partial charge >= 0.3 is 0 Å². The number of hydrogen-bond donors (Lipinski definition) is 2. The van der Waals surface area contributed by atoms with Gasteiger partial charge in [0.15, 0.2) is 5.82 Å². The zero-order chi connectivity index (χ0) is 19.9. The van der Waals surface area contributed by atoms with Gasteiger partial charge in [-0.2, -0.15) is 0 Å². The Morgan fingerprint density at radius 2 is 1.79 bits per heavy atom. The summed E-state index contributed by atoms with van der Waals surface area (Å²) in [6.45, 7) is 1.65. The van der Waals surface area contributed by atoms with Crippen LogP contribution in [0.25, 0.3) is 0 Å². The molecule has 0 bridgehead atoms. The number of halogens is 1. The van der Waals surface area contributed by atoms with E-state index in [9.17, 15) is 14.0 Å². The number of amides is 2. The Hall–Kier alpha value is -3.26. The van der Waals surface area contributed by atoms with Crippen LogP contribution in [-0.4, -0.2) is 27.8 Å². The molecule has 3 rings (SSSR count). The molecule has 2 aromatic carbocycles. The summed E-state index contributed by atoms with van der Waals surface area (Å²) in [6.07, 6.45) is 0. The van der Waals surface area contributed by atoms with Gasteiger partial charge in [-0.25, -0.2) is 4.39 Å². The van der Waals surface area contributed by atoms with Crippen molar-refractivity contribution >= 4 is 35.1 Å². The lowest BCUT2D eigenvalue weighted by Gasteiger charge is -2.07. The number of rotatable bonds is 6. The summed E-state index contributed by atoms with van der Waals surface area (Å²) < 4.78 is 13.5. The van der Waals surface area contributed by atoms with E-state index in [1.807, 2.05) is 6.07 Å². The van der Waals surface area contributed by atoms with Crippen molar-refractivity contribution in [3.05, 3.63) is 77.6 Å². The summed E-state index contributed by atoms with van der Waals surface area (Å²) in [7, 11) is 0. The molecule has 2 amide bonds. The molecular weight excluding hydrogens is 379 g/mol. The number of nitrogens with zero attached hydrogens (tertiary/aromatic N) is 2. The Morgan fingerprint density at radius 3 is 2.46 bits per heavy atom. The van der Waals surface area contributed by atoms with Gasteiger partial charge in [0.1, 0.15) is 10.8 Å². The standard InChI is InChI=1S/C20H17FN4O2S/c1-13-7-8-15(11-16(13)21)22-18(26)12-28-19-10-9-17(24-25-19)23-20(27)14-5-3-2-4-6-14/h2-11H,12H2,1H3,(H,22,26)(H,23,24,27). The smallest absolute Gasteiger partial charge is 0.256 e. The lowest BCUT2D eigenvalue weighted by atomic mass is 10.2. The molecule has 0 saturated carbocycles. The molecule has 0 aliphatic heterocycles. The summed E-state index contributed by atoms with van der Waals surface area (Å²) in [6, 6.07) is 16.6. The Kier molecular flexibility index (Phi) is 6.33. The van der Waals surface area contributed by atoms with Crippen LogP contribution in [0.2, 0.25) is 0 Å². The van der Waals surface area contributed by atoms with E-state index in [0.29, 0.717) is 27.7 Å². The molecule has 2 N–H and O–H groups in total. The van der Waals surface area contributed by atoms with Gasteiger partial charge in [0, 0.05) is 11.3 Å². The van der Waals surface area contributed by atoms with E-state index in [1.165, 1.54) is 17.8 Å². The van der Waals surface area contributed by atoms with Crippen LogP contribution >= 0.6 is 11.8 Å². The van der Waals surface area contributed by atoms with Gasteiger partial charge < -0.3 is 10.6 Å². The van der Waals surface area contributed by atoms with E-state index in [1.54, 1.807) is 55.5 Å². The molecule has 1 aromatic heterocycles. The number of nitrogens with one attached hydrogen (secondary N) is 2. The molecule has 1 heterocycles. The molecule has 8 heteroatoms. The molecule has 0 aliphatic carbocycles. The molecule has 0 unspecified atom stereocenters. The van der Waals surface area contributed by atoms with Crippen LogP contribution < -0.4 is 10.6 Å². The highest BCUT2D eigenvalue weighted by atomic mass is 32.2. The molecule has 0 saturated heterocycles. The molecule has 3 aromatic rings. The molecule has 28 heavy (non-hydrogen) atoms. The van der Waals surface area contributed by atoms with E-state index < -0.39 is 0 Å². The van der Waals surface area contributed by atoms with E-state index >= 15 is 0 Å². The molecule has 6 nitrogen and oxygen atoms in total. The van der Waals surface area contributed by atoms with Crippen LogP contribution in [0.3, 0.4) is 0 Å². The highest BCUT2D eigenvalue weighted by Gasteiger charge is 2.09. The van der Waals surface area contributed by atoms with Gasteiger partial charge in [0.25, 0.3) is 5.91 Å². The SMILES string of the molecule is Cc1ccc(NC(=O)CSc2ccc(NC(=O)c3ccccc3)nn2)cc1F. The van der Waals surface area contributed by atoms with E-state index in [4.69, 9.17) is 0 Å². The van der Waals surface area contributed by atoms with E-state index in [0.717, 1.165) is 0 Å². The quantitative estimate of drug-likeness (QED) is 0.617. The van der Waals surface area contributed by atoms with Crippen molar-refractivity contribution in [2.24, 2.45) is 0 Å². The average Bonchev–Trinajstić information content (AvgIpc) is 2.71. The van der Waals surface area contributed by atoms with Gasteiger partial charge in [-0.15, -0.1) is 10.2 Å². The lowest BCUT2D eigenvalue weighted by molar-refractivity contribution is -0.113. The fourth-order valence-corrected chi connectivity index (χ4v) is 2.86. The first-order chi connectivity index (χ1) is 13.5. The molecule has 0 aliphatic rings. The van der Waals surface area contributed by atoms with Crippen molar-refractivity contribution in [3.8, 4) is 0 Å². The van der Waals surface area contributed by atoms with Gasteiger partial charge in [-0.05, 0) is 48.9 Å². The first-order valence-electron chi connectivity index (χ1n) is 8.40. The van der Waals surface area contributed by atoms with Gasteiger partial charge in [0.2, 0.25) is 5.91 Å². The number of aryl methyl sites for hydroxylation is 1. The van der Waals surface area contributed by atoms with Crippen molar-refractivity contribution in [3.63, 3.8) is 0 Å². The summed E-state index contributed by atoms with van der Waals surface area (Å²) in [5.74, 6) is -0.515. The van der Waals surface area contributed by atoms with Crippen LogP contribution in [0.4, 0.5) is 15.9 Å². The highest BCUT2D eigenvalue weighted by Crippen LogP contribution is 2.18. The third-order valence-corrected chi connectivity index (χ3v) is 4.64.